The molecular formula is C14H23NO. The topological polar surface area (TPSA) is 21.3 Å². The van der Waals surface area contributed by atoms with Gasteiger partial charge in [0, 0.05) is 7.11 Å². The predicted octanol–water partition coefficient (Wildman–Crippen LogP) is 2.62. The summed E-state index contributed by atoms with van der Waals surface area (Å²) in [5.41, 5.74) is 2.63. The molecule has 1 aromatic carbocycles. The summed E-state index contributed by atoms with van der Waals surface area (Å²) in [6.45, 7) is 7.30. The summed E-state index contributed by atoms with van der Waals surface area (Å²) >= 11 is 0. The fourth-order valence-corrected chi connectivity index (χ4v) is 1.67. The van der Waals surface area contributed by atoms with Crippen LogP contribution in [-0.4, -0.2) is 20.2 Å². The standard InChI is InChI=1S/C14H23NO/c1-12(2)10-15-8-7-13-5-4-6-14(9-13)11-16-3/h4-6,9,12,15H,7-8,10-11H2,1-3H3. The van der Waals surface area contributed by atoms with E-state index in [0.717, 1.165) is 25.4 Å². The number of hydrogen-bond donors (Lipinski definition) is 1. The molecule has 16 heavy (non-hydrogen) atoms. The van der Waals surface area contributed by atoms with Crippen LogP contribution < -0.4 is 5.32 Å². The first-order valence-corrected chi connectivity index (χ1v) is 6.00. The third-order valence-corrected chi connectivity index (χ3v) is 2.45. The Morgan fingerprint density at radius 3 is 2.69 bits per heavy atom. The van der Waals surface area contributed by atoms with E-state index in [1.165, 1.54) is 11.1 Å². The van der Waals surface area contributed by atoms with Gasteiger partial charge in [0.15, 0.2) is 0 Å². The Balaban J connectivity index is 2.33. The lowest BCUT2D eigenvalue weighted by Crippen LogP contribution is -2.22. The van der Waals surface area contributed by atoms with Gasteiger partial charge in [-0.3, -0.25) is 0 Å². The largest absolute Gasteiger partial charge is 0.380 e. The van der Waals surface area contributed by atoms with Crippen molar-refractivity contribution >= 4 is 0 Å². The molecule has 0 saturated carbocycles. The lowest BCUT2D eigenvalue weighted by atomic mass is 10.1. The van der Waals surface area contributed by atoms with E-state index >= 15 is 0 Å². The molecule has 2 heteroatoms. The zero-order valence-electron chi connectivity index (χ0n) is 10.6. The maximum atomic E-state index is 5.12. The monoisotopic (exact) mass is 221 g/mol. The molecule has 0 heterocycles. The molecule has 0 unspecified atom stereocenters. The van der Waals surface area contributed by atoms with Crippen molar-refractivity contribution in [3.8, 4) is 0 Å². The summed E-state index contributed by atoms with van der Waals surface area (Å²) in [7, 11) is 1.73. The van der Waals surface area contributed by atoms with Crippen LogP contribution in [0.1, 0.15) is 25.0 Å². The van der Waals surface area contributed by atoms with Crippen LogP contribution in [0.2, 0.25) is 0 Å². The Kier molecular flexibility index (Phi) is 6.12. The number of benzene rings is 1. The summed E-state index contributed by atoms with van der Waals surface area (Å²) in [5, 5.41) is 3.45. The van der Waals surface area contributed by atoms with Crippen LogP contribution in [-0.2, 0) is 17.8 Å². The Morgan fingerprint density at radius 1 is 1.25 bits per heavy atom. The predicted molar refractivity (Wildman–Crippen MR) is 68.6 cm³/mol. The van der Waals surface area contributed by atoms with E-state index in [0.29, 0.717) is 6.61 Å². The third-order valence-electron chi connectivity index (χ3n) is 2.45. The molecule has 0 radical (unpaired) electrons. The lowest BCUT2D eigenvalue weighted by Gasteiger charge is -2.08. The molecule has 0 amide bonds. The fraction of sp³-hybridized carbons (Fsp3) is 0.571. The first kappa shape index (κ1) is 13.2. The van der Waals surface area contributed by atoms with Crippen molar-refractivity contribution in [1.29, 1.82) is 0 Å². The van der Waals surface area contributed by atoms with Crippen LogP contribution >= 0.6 is 0 Å². The highest BCUT2D eigenvalue weighted by Crippen LogP contribution is 2.06. The second-order valence-electron chi connectivity index (χ2n) is 4.60. The van der Waals surface area contributed by atoms with E-state index in [-0.39, 0.29) is 0 Å². The van der Waals surface area contributed by atoms with Gasteiger partial charge in [0.25, 0.3) is 0 Å². The number of rotatable bonds is 7. The maximum Gasteiger partial charge on any atom is 0.0713 e. The summed E-state index contributed by atoms with van der Waals surface area (Å²) in [6.07, 6.45) is 1.09. The van der Waals surface area contributed by atoms with Crippen molar-refractivity contribution in [2.45, 2.75) is 26.9 Å². The SMILES string of the molecule is COCc1cccc(CCNCC(C)C)c1. The summed E-state index contributed by atoms with van der Waals surface area (Å²) in [6, 6.07) is 8.61. The summed E-state index contributed by atoms with van der Waals surface area (Å²) in [4.78, 5) is 0. The van der Waals surface area contributed by atoms with Gasteiger partial charge in [-0.1, -0.05) is 38.1 Å². The molecule has 1 rings (SSSR count). The van der Waals surface area contributed by atoms with E-state index < -0.39 is 0 Å². The first-order chi connectivity index (χ1) is 7.72. The Morgan fingerprint density at radius 2 is 2.00 bits per heavy atom. The van der Waals surface area contributed by atoms with Crippen molar-refractivity contribution in [2.75, 3.05) is 20.2 Å². The van der Waals surface area contributed by atoms with Crippen molar-refractivity contribution in [3.63, 3.8) is 0 Å². The van der Waals surface area contributed by atoms with Crippen LogP contribution in [0.15, 0.2) is 24.3 Å². The second-order valence-corrected chi connectivity index (χ2v) is 4.60. The minimum absolute atomic E-state index is 0.702. The number of nitrogens with one attached hydrogen (secondary N) is 1. The molecule has 0 spiro atoms. The van der Waals surface area contributed by atoms with Gasteiger partial charge in [-0.25, -0.2) is 0 Å². The molecule has 1 aromatic rings. The number of ether oxygens (including phenoxy) is 1. The van der Waals surface area contributed by atoms with Crippen LogP contribution in [0.5, 0.6) is 0 Å². The van der Waals surface area contributed by atoms with Crippen molar-refractivity contribution in [3.05, 3.63) is 35.4 Å². The molecule has 0 atom stereocenters. The van der Waals surface area contributed by atoms with E-state index in [1.54, 1.807) is 7.11 Å². The Labute approximate surface area is 99.0 Å². The molecule has 0 fully saturated rings. The lowest BCUT2D eigenvalue weighted by molar-refractivity contribution is 0.185. The van der Waals surface area contributed by atoms with Crippen LogP contribution in [0.25, 0.3) is 0 Å². The van der Waals surface area contributed by atoms with Gasteiger partial charge in [0.1, 0.15) is 0 Å². The average molecular weight is 221 g/mol. The molecule has 0 saturated heterocycles. The highest BCUT2D eigenvalue weighted by molar-refractivity contribution is 5.23. The molecule has 90 valence electrons. The van der Waals surface area contributed by atoms with E-state index in [1.807, 2.05) is 0 Å². The van der Waals surface area contributed by atoms with Gasteiger partial charge in [0.05, 0.1) is 6.61 Å². The summed E-state index contributed by atoms with van der Waals surface area (Å²) < 4.78 is 5.12. The molecule has 0 aliphatic heterocycles. The second kappa shape index (κ2) is 7.42. The number of methoxy groups -OCH3 is 1. The van der Waals surface area contributed by atoms with Gasteiger partial charge >= 0.3 is 0 Å². The van der Waals surface area contributed by atoms with Crippen LogP contribution in [0.4, 0.5) is 0 Å². The van der Waals surface area contributed by atoms with Crippen molar-refractivity contribution in [1.82, 2.24) is 5.32 Å². The van der Waals surface area contributed by atoms with E-state index in [4.69, 9.17) is 4.74 Å². The van der Waals surface area contributed by atoms with Gasteiger partial charge in [-0.05, 0) is 36.6 Å². The Bertz CT molecular complexity index is 297. The molecular weight excluding hydrogens is 198 g/mol. The minimum atomic E-state index is 0.702. The normalized spacial score (nSPS) is 11.0. The number of hydrogen-bond acceptors (Lipinski definition) is 2. The highest BCUT2D eigenvalue weighted by Gasteiger charge is 1.97. The molecule has 0 aromatic heterocycles. The van der Waals surface area contributed by atoms with Crippen molar-refractivity contribution < 1.29 is 4.74 Å². The van der Waals surface area contributed by atoms with E-state index in [2.05, 4.69) is 43.4 Å². The van der Waals surface area contributed by atoms with E-state index in [9.17, 15) is 0 Å². The molecule has 2 nitrogen and oxygen atoms in total. The average Bonchev–Trinajstić information content (AvgIpc) is 2.25. The third kappa shape index (κ3) is 5.29. The fourth-order valence-electron chi connectivity index (χ4n) is 1.67. The van der Waals surface area contributed by atoms with Crippen LogP contribution in [0, 0.1) is 5.92 Å². The Hall–Kier alpha value is -0.860. The van der Waals surface area contributed by atoms with Gasteiger partial charge < -0.3 is 10.1 Å². The smallest absolute Gasteiger partial charge is 0.0713 e. The van der Waals surface area contributed by atoms with Gasteiger partial charge in [-0.15, -0.1) is 0 Å². The quantitative estimate of drug-likeness (QED) is 0.715. The maximum absolute atomic E-state index is 5.12. The molecule has 1 N–H and O–H groups in total. The zero-order valence-corrected chi connectivity index (χ0v) is 10.6. The molecule has 0 aliphatic carbocycles. The first-order valence-electron chi connectivity index (χ1n) is 6.00. The molecule has 0 aliphatic rings. The zero-order chi connectivity index (χ0) is 11.8. The molecule has 0 bridgehead atoms. The van der Waals surface area contributed by atoms with Gasteiger partial charge in [-0.2, -0.15) is 0 Å². The van der Waals surface area contributed by atoms with Gasteiger partial charge in [0.2, 0.25) is 0 Å². The minimum Gasteiger partial charge on any atom is -0.380 e. The summed E-state index contributed by atoms with van der Waals surface area (Å²) in [5.74, 6) is 0.722. The van der Waals surface area contributed by atoms with Crippen LogP contribution in [0.3, 0.4) is 0 Å². The highest BCUT2D eigenvalue weighted by atomic mass is 16.5. The van der Waals surface area contributed by atoms with Crippen molar-refractivity contribution in [2.24, 2.45) is 5.92 Å².